The van der Waals surface area contributed by atoms with Crippen molar-refractivity contribution in [1.82, 2.24) is 0 Å². The van der Waals surface area contributed by atoms with Gasteiger partial charge >= 0.3 is 0 Å². The molecule has 0 atom stereocenters. The molecule has 19 heavy (non-hydrogen) atoms. The molecule has 2 rings (SSSR count). The van der Waals surface area contributed by atoms with Gasteiger partial charge in [0.1, 0.15) is 4.99 Å². The summed E-state index contributed by atoms with van der Waals surface area (Å²) in [5.74, 6) is -1.27. The van der Waals surface area contributed by atoms with Gasteiger partial charge in [0, 0.05) is 5.56 Å². The van der Waals surface area contributed by atoms with Gasteiger partial charge in [-0.3, -0.25) is 0 Å². The van der Waals surface area contributed by atoms with Gasteiger partial charge in [-0.05, 0) is 36.8 Å². The average molecular weight is 279 g/mol. The maximum absolute atomic E-state index is 13.8. The Balaban J connectivity index is 2.34. The Morgan fingerprint density at radius 3 is 2.53 bits per heavy atom. The van der Waals surface area contributed by atoms with Crippen LogP contribution in [-0.2, 0) is 0 Å². The lowest BCUT2D eigenvalue weighted by atomic mass is 10.2. The summed E-state index contributed by atoms with van der Waals surface area (Å²) >= 11 is 4.74. The standard InChI is InChI=1S/C14H11F2NOS/c1-8-3-2-4-12(13(8)16)18-11-6-5-9(14(17)19)7-10(11)15/h2-7H,1H3,(H2,17,19). The maximum Gasteiger partial charge on any atom is 0.168 e. The molecule has 0 aliphatic rings. The van der Waals surface area contributed by atoms with Crippen LogP contribution in [0.3, 0.4) is 0 Å². The van der Waals surface area contributed by atoms with Crippen molar-refractivity contribution in [2.24, 2.45) is 5.73 Å². The van der Waals surface area contributed by atoms with Crippen LogP contribution in [0.2, 0.25) is 0 Å². The lowest BCUT2D eigenvalue weighted by molar-refractivity contribution is 0.413. The van der Waals surface area contributed by atoms with Crippen LogP contribution in [0.5, 0.6) is 11.5 Å². The van der Waals surface area contributed by atoms with Gasteiger partial charge in [-0.15, -0.1) is 0 Å². The van der Waals surface area contributed by atoms with E-state index in [0.29, 0.717) is 11.1 Å². The quantitative estimate of drug-likeness (QED) is 0.870. The summed E-state index contributed by atoms with van der Waals surface area (Å²) in [4.78, 5) is 0.0900. The van der Waals surface area contributed by atoms with Crippen LogP contribution < -0.4 is 10.5 Å². The van der Waals surface area contributed by atoms with Gasteiger partial charge in [0.05, 0.1) is 0 Å². The first-order chi connectivity index (χ1) is 8.99. The second kappa shape index (κ2) is 5.32. The molecule has 0 amide bonds. The Morgan fingerprint density at radius 1 is 1.16 bits per heavy atom. The summed E-state index contributed by atoms with van der Waals surface area (Å²) in [6.45, 7) is 1.61. The molecule has 0 radical (unpaired) electrons. The van der Waals surface area contributed by atoms with Gasteiger partial charge in [0.25, 0.3) is 0 Å². The average Bonchev–Trinajstić information content (AvgIpc) is 2.37. The van der Waals surface area contributed by atoms with E-state index in [1.165, 1.54) is 18.2 Å². The van der Waals surface area contributed by atoms with E-state index in [4.69, 9.17) is 22.7 Å². The Labute approximate surface area is 114 Å². The van der Waals surface area contributed by atoms with Gasteiger partial charge < -0.3 is 10.5 Å². The number of rotatable bonds is 3. The summed E-state index contributed by atoms with van der Waals surface area (Å²) in [5, 5.41) is 0. The van der Waals surface area contributed by atoms with Crippen LogP contribution in [0.25, 0.3) is 0 Å². The minimum atomic E-state index is -0.647. The van der Waals surface area contributed by atoms with E-state index < -0.39 is 11.6 Å². The molecule has 0 unspecified atom stereocenters. The number of halogens is 2. The van der Waals surface area contributed by atoms with Gasteiger partial charge in [-0.25, -0.2) is 8.78 Å². The van der Waals surface area contributed by atoms with E-state index in [2.05, 4.69) is 0 Å². The number of aryl methyl sites for hydroxylation is 1. The summed E-state index contributed by atoms with van der Waals surface area (Å²) in [6.07, 6.45) is 0. The number of hydrogen-bond donors (Lipinski definition) is 1. The van der Waals surface area contributed by atoms with Crippen LogP contribution in [0.15, 0.2) is 36.4 Å². The highest BCUT2D eigenvalue weighted by atomic mass is 32.1. The number of benzene rings is 2. The first-order valence-electron chi connectivity index (χ1n) is 5.51. The van der Waals surface area contributed by atoms with E-state index in [-0.39, 0.29) is 16.5 Å². The van der Waals surface area contributed by atoms with E-state index in [0.717, 1.165) is 6.07 Å². The van der Waals surface area contributed by atoms with Gasteiger partial charge in [-0.2, -0.15) is 0 Å². The second-order valence-electron chi connectivity index (χ2n) is 4.00. The number of nitrogens with two attached hydrogens (primary N) is 1. The lowest BCUT2D eigenvalue weighted by Crippen LogP contribution is -2.09. The molecule has 0 spiro atoms. The van der Waals surface area contributed by atoms with Crippen molar-refractivity contribution in [2.45, 2.75) is 6.92 Å². The van der Waals surface area contributed by atoms with Gasteiger partial charge in [-0.1, -0.05) is 24.4 Å². The fourth-order valence-corrected chi connectivity index (χ4v) is 1.68. The number of hydrogen-bond acceptors (Lipinski definition) is 2. The predicted octanol–water partition coefficient (Wildman–Crippen LogP) is 3.70. The third-order valence-electron chi connectivity index (χ3n) is 2.59. The maximum atomic E-state index is 13.8. The molecule has 2 aromatic rings. The van der Waals surface area contributed by atoms with E-state index in [9.17, 15) is 8.78 Å². The fraction of sp³-hybridized carbons (Fsp3) is 0.0714. The highest BCUT2D eigenvalue weighted by Crippen LogP contribution is 2.28. The number of thiocarbonyl (C=S) groups is 1. The first-order valence-corrected chi connectivity index (χ1v) is 5.92. The Hall–Kier alpha value is -2.01. The zero-order chi connectivity index (χ0) is 14.0. The molecule has 2 nitrogen and oxygen atoms in total. The monoisotopic (exact) mass is 279 g/mol. The largest absolute Gasteiger partial charge is 0.451 e. The van der Waals surface area contributed by atoms with Crippen molar-refractivity contribution in [3.05, 3.63) is 59.2 Å². The Bertz CT molecular complexity index is 643. The highest BCUT2D eigenvalue weighted by molar-refractivity contribution is 7.80. The zero-order valence-corrected chi connectivity index (χ0v) is 10.9. The van der Waals surface area contributed by atoms with E-state index in [1.54, 1.807) is 19.1 Å². The molecule has 5 heteroatoms. The van der Waals surface area contributed by atoms with E-state index >= 15 is 0 Å². The lowest BCUT2D eigenvalue weighted by Gasteiger charge is -2.09. The molecule has 0 fully saturated rings. The Morgan fingerprint density at radius 2 is 1.89 bits per heavy atom. The number of ether oxygens (including phenoxy) is 1. The first kappa shape index (κ1) is 13.4. The molecule has 2 N–H and O–H groups in total. The Kier molecular flexibility index (Phi) is 3.76. The van der Waals surface area contributed by atoms with Crippen molar-refractivity contribution in [2.75, 3.05) is 0 Å². The minimum absolute atomic E-state index is 0.0259. The normalized spacial score (nSPS) is 10.3. The summed E-state index contributed by atoms with van der Waals surface area (Å²) in [7, 11) is 0. The third-order valence-corrected chi connectivity index (χ3v) is 2.83. The van der Waals surface area contributed by atoms with Crippen molar-refractivity contribution < 1.29 is 13.5 Å². The molecular formula is C14H11F2NOS. The molecule has 0 saturated heterocycles. The third kappa shape index (κ3) is 2.88. The molecule has 0 aromatic heterocycles. The molecule has 0 aliphatic heterocycles. The minimum Gasteiger partial charge on any atom is -0.451 e. The van der Waals surface area contributed by atoms with E-state index in [1.807, 2.05) is 0 Å². The van der Waals surface area contributed by atoms with Crippen molar-refractivity contribution in [3.8, 4) is 11.5 Å². The molecule has 0 aliphatic carbocycles. The molecule has 98 valence electrons. The van der Waals surface area contributed by atoms with Gasteiger partial charge in [0.2, 0.25) is 0 Å². The summed E-state index contributed by atoms with van der Waals surface area (Å²) in [5.41, 5.74) is 6.21. The van der Waals surface area contributed by atoms with Crippen LogP contribution in [0.1, 0.15) is 11.1 Å². The molecule has 2 aromatic carbocycles. The predicted molar refractivity (Wildman–Crippen MR) is 73.5 cm³/mol. The SMILES string of the molecule is Cc1cccc(Oc2ccc(C(N)=S)cc2F)c1F. The summed E-state index contributed by atoms with van der Waals surface area (Å²) in [6, 6.07) is 8.72. The zero-order valence-electron chi connectivity index (χ0n) is 10.1. The second-order valence-corrected chi connectivity index (χ2v) is 4.44. The molecular weight excluding hydrogens is 268 g/mol. The van der Waals surface area contributed by atoms with Crippen LogP contribution in [0.4, 0.5) is 8.78 Å². The summed E-state index contributed by atoms with van der Waals surface area (Å²) < 4.78 is 32.7. The van der Waals surface area contributed by atoms with Crippen LogP contribution in [-0.4, -0.2) is 4.99 Å². The van der Waals surface area contributed by atoms with Crippen molar-refractivity contribution in [1.29, 1.82) is 0 Å². The molecule has 0 heterocycles. The smallest absolute Gasteiger partial charge is 0.168 e. The topological polar surface area (TPSA) is 35.2 Å². The van der Waals surface area contributed by atoms with Crippen LogP contribution in [0, 0.1) is 18.6 Å². The van der Waals surface area contributed by atoms with Crippen molar-refractivity contribution in [3.63, 3.8) is 0 Å². The van der Waals surface area contributed by atoms with Gasteiger partial charge in [0.15, 0.2) is 23.1 Å². The highest BCUT2D eigenvalue weighted by Gasteiger charge is 2.11. The van der Waals surface area contributed by atoms with Crippen LogP contribution >= 0.6 is 12.2 Å². The molecule has 0 saturated carbocycles. The van der Waals surface area contributed by atoms with Crippen molar-refractivity contribution >= 4 is 17.2 Å². The molecule has 0 bridgehead atoms. The fourth-order valence-electron chi connectivity index (χ4n) is 1.55.